The summed E-state index contributed by atoms with van der Waals surface area (Å²) in [6.45, 7) is 3.22. The van der Waals surface area contributed by atoms with Crippen molar-refractivity contribution in [3.63, 3.8) is 0 Å². The SMILES string of the molecule is CCc1ccccc1CNC(=NC)NCCC(=O)NC1CCS(=O)(=O)C1. The Hall–Kier alpha value is -2.09. The molecular formula is C18H28N4O3S. The highest BCUT2D eigenvalue weighted by Gasteiger charge is 2.28. The van der Waals surface area contributed by atoms with Crippen molar-refractivity contribution < 1.29 is 13.2 Å². The van der Waals surface area contributed by atoms with E-state index in [4.69, 9.17) is 0 Å². The van der Waals surface area contributed by atoms with Gasteiger partial charge in [0, 0.05) is 32.6 Å². The van der Waals surface area contributed by atoms with Crippen molar-refractivity contribution in [3.05, 3.63) is 35.4 Å². The Morgan fingerprint density at radius 3 is 2.58 bits per heavy atom. The predicted octanol–water partition coefficient (Wildman–Crippen LogP) is 0.607. The largest absolute Gasteiger partial charge is 0.356 e. The van der Waals surface area contributed by atoms with Crippen molar-refractivity contribution >= 4 is 21.7 Å². The van der Waals surface area contributed by atoms with E-state index in [0.29, 0.717) is 25.5 Å². The van der Waals surface area contributed by atoms with Crippen molar-refractivity contribution in [2.24, 2.45) is 4.99 Å². The van der Waals surface area contributed by atoms with Gasteiger partial charge in [-0.3, -0.25) is 9.79 Å². The minimum absolute atomic E-state index is 0.0478. The average Bonchev–Trinajstić information content (AvgIpc) is 2.96. The van der Waals surface area contributed by atoms with Gasteiger partial charge in [-0.05, 0) is 24.0 Å². The van der Waals surface area contributed by atoms with Crippen molar-refractivity contribution in [1.29, 1.82) is 0 Å². The second kappa shape index (κ2) is 9.56. The molecule has 1 unspecified atom stereocenters. The minimum Gasteiger partial charge on any atom is -0.356 e. The zero-order valence-corrected chi connectivity index (χ0v) is 16.2. The number of aryl methyl sites for hydroxylation is 1. The number of nitrogens with zero attached hydrogens (tertiary/aromatic N) is 1. The number of carbonyl (C=O) groups is 1. The van der Waals surface area contributed by atoms with Gasteiger partial charge >= 0.3 is 0 Å². The number of nitrogens with one attached hydrogen (secondary N) is 3. The van der Waals surface area contributed by atoms with Crippen LogP contribution in [0.1, 0.15) is 30.9 Å². The van der Waals surface area contributed by atoms with Crippen LogP contribution in [0, 0.1) is 0 Å². The molecule has 0 aliphatic carbocycles. The summed E-state index contributed by atoms with van der Waals surface area (Å²) in [6, 6.07) is 7.99. The highest BCUT2D eigenvalue weighted by molar-refractivity contribution is 7.91. The summed E-state index contributed by atoms with van der Waals surface area (Å²) in [5.74, 6) is 0.691. The Morgan fingerprint density at radius 2 is 1.96 bits per heavy atom. The third-order valence-electron chi connectivity index (χ3n) is 4.41. The van der Waals surface area contributed by atoms with E-state index in [2.05, 4.69) is 40.0 Å². The number of benzene rings is 1. The second-order valence-corrected chi connectivity index (χ2v) is 8.62. The molecule has 1 amide bonds. The van der Waals surface area contributed by atoms with Crippen molar-refractivity contribution in [1.82, 2.24) is 16.0 Å². The summed E-state index contributed by atoms with van der Waals surface area (Å²) in [5, 5.41) is 9.14. The van der Waals surface area contributed by atoms with Crippen LogP contribution in [0.2, 0.25) is 0 Å². The van der Waals surface area contributed by atoms with E-state index in [1.54, 1.807) is 7.05 Å². The molecule has 26 heavy (non-hydrogen) atoms. The number of carbonyl (C=O) groups excluding carboxylic acids is 1. The van der Waals surface area contributed by atoms with Gasteiger partial charge in [0.25, 0.3) is 0 Å². The Balaban J connectivity index is 1.71. The van der Waals surface area contributed by atoms with Crippen LogP contribution in [0.4, 0.5) is 0 Å². The summed E-state index contributed by atoms with van der Waals surface area (Å²) < 4.78 is 22.8. The van der Waals surface area contributed by atoms with E-state index in [0.717, 1.165) is 6.42 Å². The monoisotopic (exact) mass is 380 g/mol. The first-order valence-electron chi connectivity index (χ1n) is 8.94. The molecule has 0 saturated carbocycles. The van der Waals surface area contributed by atoms with Crippen LogP contribution in [0.3, 0.4) is 0 Å². The molecule has 144 valence electrons. The van der Waals surface area contributed by atoms with E-state index >= 15 is 0 Å². The van der Waals surface area contributed by atoms with E-state index in [1.807, 2.05) is 12.1 Å². The lowest BCUT2D eigenvalue weighted by Crippen LogP contribution is -2.41. The summed E-state index contributed by atoms with van der Waals surface area (Å²) >= 11 is 0. The first-order chi connectivity index (χ1) is 12.4. The number of hydrogen-bond donors (Lipinski definition) is 3. The molecule has 1 saturated heterocycles. The smallest absolute Gasteiger partial charge is 0.222 e. The van der Waals surface area contributed by atoms with Gasteiger partial charge in [0.2, 0.25) is 5.91 Å². The summed E-state index contributed by atoms with van der Waals surface area (Å²) in [4.78, 5) is 16.1. The van der Waals surface area contributed by atoms with Gasteiger partial charge in [-0.2, -0.15) is 0 Å². The number of amides is 1. The number of sulfone groups is 1. The maximum atomic E-state index is 11.9. The van der Waals surface area contributed by atoms with Crippen molar-refractivity contribution in [2.45, 2.75) is 38.8 Å². The zero-order valence-electron chi connectivity index (χ0n) is 15.4. The molecule has 1 aliphatic rings. The Morgan fingerprint density at radius 1 is 1.23 bits per heavy atom. The Bertz CT molecular complexity index is 747. The molecule has 1 aromatic rings. The van der Waals surface area contributed by atoms with Crippen LogP contribution in [-0.2, 0) is 27.6 Å². The maximum Gasteiger partial charge on any atom is 0.222 e. The molecule has 0 spiro atoms. The topological polar surface area (TPSA) is 99.7 Å². The quantitative estimate of drug-likeness (QED) is 0.475. The third-order valence-corrected chi connectivity index (χ3v) is 6.18. The molecule has 3 N–H and O–H groups in total. The van der Waals surface area contributed by atoms with Gasteiger partial charge in [-0.1, -0.05) is 31.2 Å². The number of aliphatic imine (C=N–C) groups is 1. The molecule has 1 aliphatic heterocycles. The standard InChI is InChI=1S/C18H28N4O3S/c1-3-14-6-4-5-7-15(14)12-21-18(19-2)20-10-8-17(23)22-16-9-11-26(24,25)13-16/h4-7,16H,3,8-13H2,1-2H3,(H,22,23)(H2,19,20,21). The molecule has 7 nitrogen and oxygen atoms in total. The van der Waals surface area contributed by atoms with Crippen LogP contribution in [0.15, 0.2) is 29.3 Å². The van der Waals surface area contributed by atoms with Gasteiger partial charge in [0.15, 0.2) is 15.8 Å². The molecule has 1 fully saturated rings. The van der Waals surface area contributed by atoms with Crippen LogP contribution in [-0.4, -0.2) is 51.4 Å². The van der Waals surface area contributed by atoms with Gasteiger partial charge in [0.1, 0.15) is 0 Å². The first kappa shape index (κ1) is 20.2. The van der Waals surface area contributed by atoms with E-state index in [-0.39, 0.29) is 29.9 Å². The summed E-state index contributed by atoms with van der Waals surface area (Å²) in [5.41, 5.74) is 2.51. The molecule has 0 bridgehead atoms. The molecule has 8 heteroatoms. The van der Waals surface area contributed by atoms with Crippen LogP contribution in [0.5, 0.6) is 0 Å². The van der Waals surface area contributed by atoms with Gasteiger partial charge in [-0.15, -0.1) is 0 Å². The fourth-order valence-electron chi connectivity index (χ4n) is 2.98. The number of hydrogen-bond acceptors (Lipinski definition) is 4. The number of guanidine groups is 1. The molecular weight excluding hydrogens is 352 g/mol. The van der Waals surface area contributed by atoms with Gasteiger partial charge in [-0.25, -0.2) is 8.42 Å². The highest BCUT2D eigenvalue weighted by Crippen LogP contribution is 2.11. The number of rotatable bonds is 7. The van der Waals surface area contributed by atoms with Gasteiger partial charge < -0.3 is 16.0 Å². The van der Waals surface area contributed by atoms with Crippen LogP contribution >= 0.6 is 0 Å². The molecule has 0 radical (unpaired) electrons. The fraction of sp³-hybridized carbons (Fsp3) is 0.556. The lowest BCUT2D eigenvalue weighted by molar-refractivity contribution is -0.121. The van der Waals surface area contributed by atoms with Crippen molar-refractivity contribution in [2.75, 3.05) is 25.1 Å². The highest BCUT2D eigenvalue weighted by atomic mass is 32.2. The van der Waals surface area contributed by atoms with E-state index in [1.165, 1.54) is 11.1 Å². The molecule has 0 aromatic heterocycles. The van der Waals surface area contributed by atoms with E-state index < -0.39 is 9.84 Å². The fourth-order valence-corrected chi connectivity index (χ4v) is 4.65. The molecule has 1 aromatic carbocycles. The summed E-state index contributed by atoms with van der Waals surface area (Å²) in [6.07, 6.45) is 1.74. The summed E-state index contributed by atoms with van der Waals surface area (Å²) in [7, 11) is -1.29. The first-order valence-corrected chi connectivity index (χ1v) is 10.8. The lowest BCUT2D eigenvalue weighted by atomic mass is 10.1. The van der Waals surface area contributed by atoms with E-state index in [9.17, 15) is 13.2 Å². The van der Waals surface area contributed by atoms with Gasteiger partial charge in [0.05, 0.1) is 11.5 Å². The van der Waals surface area contributed by atoms with Crippen LogP contribution < -0.4 is 16.0 Å². The predicted molar refractivity (Wildman–Crippen MR) is 104 cm³/mol. The van der Waals surface area contributed by atoms with Crippen LogP contribution in [0.25, 0.3) is 0 Å². The minimum atomic E-state index is -2.98. The third kappa shape index (κ3) is 6.33. The Kier molecular flexibility index (Phi) is 7.44. The molecule has 1 atom stereocenters. The molecule has 1 heterocycles. The molecule has 2 rings (SSSR count). The lowest BCUT2D eigenvalue weighted by Gasteiger charge is -2.14. The Labute approximate surface area is 155 Å². The second-order valence-electron chi connectivity index (χ2n) is 6.39. The maximum absolute atomic E-state index is 11.9. The van der Waals surface area contributed by atoms with Crippen molar-refractivity contribution in [3.8, 4) is 0 Å². The normalized spacial score (nSPS) is 19.2. The zero-order chi connectivity index (χ0) is 19.0. The average molecular weight is 381 g/mol.